The second-order valence-corrected chi connectivity index (χ2v) is 5.88. The second kappa shape index (κ2) is 5.86. The van der Waals surface area contributed by atoms with Gasteiger partial charge in [-0.1, -0.05) is 54.1 Å². The first kappa shape index (κ1) is 14.0. The van der Waals surface area contributed by atoms with Crippen molar-refractivity contribution in [2.75, 3.05) is 0 Å². The summed E-state index contributed by atoms with van der Waals surface area (Å²) in [6.07, 6.45) is 2.61. The zero-order valence-corrected chi connectivity index (χ0v) is 13.1. The first-order chi connectivity index (χ1) is 11.3. The van der Waals surface area contributed by atoms with Crippen molar-refractivity contribution in [2.45, 2.75) is 6.42 Å². The predicted molar refractivity (Wildman–Crippen MR) is 93.6 cm³/mol. The molecule has 2 heterocycles. The molecule has 4 heteroatoms. The van der Waals surface area contributed by atoms with E-state index in [9.17, 15) is 0 Å². The molecule has 0 fully saturated rings. The molecule has 23 heavy (non-hydrogen) atoms. The molecule has 0 aliphatic rings. The summed E-state index contributed by atoms with van der Waals surface area (Å²) >= 11 is 5.92. The highest BCUT2D eigenvalue weighted by molar-refractivity contribution is 6.30. The van der Waals surface area contributed by atoms with Crippen molar-refractivity contribution in [1.29, 1.82) is 0 Å². The number of fused-ring (bicyclic) bond motifs is 1. The van der Waals surface area contributed by atoms with Crippen LogP contribution in [0, 0.1) is 0 Å². The molecule has 0 amide bonds. The highest BCUT2D eigenvalue weighted by Gasteiger charge is 2.07. The molecule has 0 atom stereocenters. The molecule has 0 radical (unpaired) electrons. The standard InChI is InChI=1S/C19H14ClN3/c20-16-8-6-13(7-9-16)10-18-22-17-11-15(12-21-19(17)23-18)14-4-2-1-3-5-14/h1-9,11-12H,10H2,(H,21,22,23). The average Bonchev–Trinajstić information content (AvgIpc) is 2.99. The average molecular weight is 320 g/mol. The number of halogens is 1. The third kappa shape index (κ3) is 2.96. The third-order valence-corrected chi connectivity index (χ3v) is 4.03. The van der Waals surface area contributed by atoms with Crippen LogP contribution in [0.4, 0.5) is 0 Å². The molecule has 3 nitrogen and oxygen atoms in total. The van der Waals surface area contributed by atoms with Gasteiger partial charge in [0.05, 0.1) is 0 Å². The van der Waals surface area contributed by atoms with Gasteiger partial charge in [-0.05, 0) is 29.3 Å². The van der Waals surface area contributed by atoms with Gasteiger partial charge in [-0.15, -0.1) is 0 Å². The summed E-state index contributed by atoms with van der Waals surface area (Å²) in [6, 6.07) is 20.1. The number of nitrogens with one attached hydrogen (secondary N) is 1. The van der Waals surface area contributed by atoms with Gasteiger partial charge in [-0.3, -0.25) is 0 Å². The molecule has 0 saturated carbocycles. The minimum Gasteiger partial charge on any atom is -0.326 e. The Morgan fingerprint density at radius 1 is 0.913 bits per heavy atom. The Bertz CT molecular complexity index is 943. The fourth-order valence-electron chi connectivity index (χ4n) is 2.61. The Hall–Kier alpha value is -2.65. The third-order valence-electron chi connectivity index (χ3n) is 3.78. The number of rotatable bonds is 3. The monoisotopic (exact) mass is 319 g/mol. The van der Waals surface area contributed by atoms with E-state index in [1.165, 1.54) is 0 Å². The number of hydrogen-bond donors (Lipinski definition) is 1. The predicted octanol–water partition coefficient (Wildman–Crippen LogP) is 4.87. The van der Waals surface area contributed by atoms with Gasteiger partial charge in [-0.25, -0.2) is 9.97 Å². The molecule has 0 spiro atoms. The van der Waals surface area contributed by atoms with Crippen molar-refractivity contribution in [1.82, 2.24) is 15.0 Å². The van der Waals surface area contributed by atoms with Crippen molar-refractivity contribution in [3.05, 3.63) is 83.3 Å². The number of nitrogens with zero attached hydrogens (tertiary/aromatic N) is 2. The lowest BCUT2D eigenvalue weighted by atomic mass is 10.1. The van der Waals surface area contributed by atoms with Gasteiger partial charge in [0.1, 0.15) is 11.3 Å². The van der Waals surface area contributed by atoms with Crippen LogP contribution in [0.1, 0.15) is 11.4 Å². The molecular formula is C19H14ClN3. The van der Waals surface area contributed by atoms with Gasteiger partial charge < -0.3 is 4.98 Å². The largest absolute Gasteiger partial charge is 0.326 e. The topological polar surface area (TPSA) is 41.6 Å². The molecule has 0 bridgehead atoms. The number of aromatic amines is 1. The van der Waals surface area contributed by atoms with E-state index in [1.807, 2.05) is 48.7 Å². The fraction of sp³-hybridized carbons (Fsp3) is 0.0526. The molecule has 0 saturated heterocycles. The lowest BCUT2D eigenvalue weighted by molar-refractivity contribution is 1.03. The van der Waals surface area contributed by atoms with Crippen LogP contribution >= 0.6 is 11.6 Å². The summed E-state index contributed by atoms with van der Waals surface area (Å²) in [5.41, 5.74) is 5.08. The number of benzene rings is 2. The van der Waals surface area contributed by atoms with E-state index in [0.717, 1.165) is 45.1 Å². The van der Waals surface area contributed by atoms with Crippen LogP contribution in [0.5, 0.6) is 0 Å². The molecule has 4 aromatic rings. The fourth-order valence-corrected chi connectivity index (χ4v) is 2.74. The maximum atomic E-state index is 5.92. The number of pyridine rings is 1. The zero-order valence-electron chi connectivity index (χ0n) is 12.3. The van der Waals surface area contributed by atoms with Crippen LogP contribution in [0.2, 0.25) is 5.02 Å². The van der Waals surface area contributed by atoms with E-state index >= 15 is 0 Å². The van der Waals surface area contributed by atoms with E-state index in [1.54, 1.807) is 0 Å². The Morgan fingerprint density at radius 2 is 1.70 bits per heavy atom. The normalized spacial score (nSPS) is 11.0. The summed E-state index contributed by atoms with van der Waals surface area (Å²) in [6.45, 7) is 0. The first-order valence-electron chi connectivity index (χ1n) is 7.42. The number of hydrogen-bond acceptors (Lipinski definition) is 2. The molecule has 0 aliphatic heterocycles. The Balaban J connectivity index is 1.66. The molecule has 0 aliphatic carbocycles. The summed E-state index contributed by atoms with van der Waals surface area (Å²) < 4.78 is 0. The number of imidazole rings is 1. The molecule has 2 aromatic carbocycles. The zero-order chi connectivity index (χ0) is 15.6. The van der Waals surface area contributed by atoms with Crippen molar-refractivity contribution in [2.24, 2.45) is 0 Å². The summed E-state index contributed by atoms with van der Waals surface area (Å²) in [4.78, 5) is 12.4. The van der Waals surface area contributed by atoms with Crippen LogP contribution in [0.3, 0.4) is 0 Å². The van der Waals surface area contributed by atoms with Gasteiger partial charge >= 0.3 is 0 Å². The highest BCUT2D eigenvalue weighted by Crippen LogP contribution is 2.22. The molecule has 0 unspecified atom stereocenters. The minimum absolute atomic E-state index is 0.730. The van der Waals surface area contributed by atoms with Gasteiger partial charge in [0.15, 0.2) is 5.65 Å². The maximum Gasteiger partial charge on any atom is 0.157 e. The van der Waals surface area contributed by atoms with E-state index in [-0.39, 0.29) is 0 Å². The molecule has 1 N–H and O–H groups in total. The number of aromatic nitrogens is 3. The Kier molecular flexibility index (Phi) is 3.56. The SMILES string of the molecule is Clc1ccc(Cc2nc3cc(-c4ccccc4)cnc3[nH]2)cc1. The van der Waals surface area contributed by atoms with Crippen molar-refractivity contribution >= 4 is 22.8 Å². The van der Waals surface area contributed by atoms with E-state index < -0.39 is 0 Å². The van der Waals surface area contributed by atoms with E-state index in [2.05, 4.69) is 33.2 Å². The van der Waals surface area contributed by atoms with Crippen LogP contribution in [-0.2, 0) is 6.42 Å². The summed E-state index contributed by atoms with van der Waals surface area (Å²) in [5, 5.41) is 0.743. The van der Waals surface area contributed by atoms with Crippen molar-refractivity contribution in [3.63, 3.8) is 0 Å². The molecular weight excluding hydrogens is 306 g/mol. The highest BCUT2D eigenvalue weighted by atomic mass is 35.5. The van der Waals surface area contributed by atoms with E-state index in [0.29, 0.717) is 0 Å². The van der Waals surface area contributed by atoms with Crippen LogP contribution in [0.25, 0.3) is 22.3 Å². The molecule has 2 aromatic heterocycles. The van der Waals surface area contributed by atoms with Crippen LogP contribution < -0.4 is 0 Å². The van der Waals surface area contributed by atoms with Gasteiger partial charge in [-0.2, -0.15) is 0 Å². The van der Waals surface area contributed by atoms with Crippen molar-refractivity contribution < 1.29 is 0 Å². The first-order valence-corrected chi connectivity index (χ1v) is 7.80. The van der Waals surface area contributed by atoms with E-state index in [4.69, 9.17) is 11.6 Å². The molecule has 4 rings (SSSR count). The lowest BCUT2D eigenvalue weighted by Gasteiger charge is -1.99. The van der Waals surface area contributed by atoms with Gasteiger partial charge in [0.2, 0.25) is 0 Å². The van der Waals surface area contributed by atoms with Gasteiger partial charge in [0.25, 0.3) is 0 Å². The van der Waals surface area contributed by atoms with Crippen LogP contribution in [0.15, 0.2) is 66.9 Å². The Labute approximate surface area is 139 Å². The summed E-state index contributed by atoms with van der Waals surface area (Å²) in [5.74, 6) is 0.903. The van der Waals surface area contributed by atoms with Crippen LogP contribution in [-0.4, -0.2) is 15.0 Å². The molecule has 112 valence electrons. The second-order valence-electron chi connectivity index (χ2n) is 5.44. The quantitative estimate of drug-likeness (QED) is 0.585. The maximum absolute atomic E-state index is 5.92. The summed E-state index contributed by atoms with van der Waals surface area (Å²) in [7, 11) is 0. The minimum atomic E-state index is 0.730. The number of H-pyrrole nitrogens is 1. The lowest BCUT2D eigenvalue weighted by Crippen LogP contribution is -1.89. The Morgan fingerprint density at radius 3 is 2.48 bits per heavy atom. The van der Waals surface area contributed by atoms with Gasteiger partial charge in [0, 0.05) is 23.2 Å². The smallest absolute Gasteiger partial charge is 0.157 e. The van der Waals surface area contributed by atoms with Crippen molar-refractivity contribution in [3.8, 4) is 11.1 Å².